The predicted octanol–water partition coefficient (Wildman–Crippen LogP) is 2.84. The number of anilines is 1. The molecule has 5 nitrogen and oxygen atoms in total. The molecule has 0 saturated carbocycles. The molecule has 0 aliphatic heterocycles. The van der Waals surface area contributed by atoms with Gasteiger partial charge in [0.1, 0.15) is 4.90 Å². The van der Waals surface area contributed by atoms with Gasteiger partial charge in [0, 0.05) is 23.3 Å². The number of aryl methyl sites for hydroxylation is 2. The molecule has 0 bridgehead atoms. The van der Waals surface area contributed by atoms with E-state index in [0.29, 0.717) is 21.4 Å². The Balaban J connectivity index is 2.39. The molecule has 0 saturated heterocycles. The lowest BCUT2D eigenvalue weighted by Gasteiger charge is -2.07. The Morgan fingerprint density at radius 1 is 1.21 bits per heavy atom. The fourth-order valence-corrected chi connectivity index (χ4v) is 3.45. The summed E-state index contributed by atoms with van der Waals surface area (Å²) >= 11 is 11.6. The van der Waals surface area contributed by atoms with E-state index in [1.54, 1.807) is 14.0 Å². The number of hydrogen-bond acceptors (Lipinski definition) is 3. The molecule has 0 radical (unpaired) electrons. The Morgan fingerprint density at radius 2 is 1.79 bits per heavy atom. The Labute approximate surface area is 121 Å². The zero-order valence-corrected chi connectivity index (χ0v) is 12.5. The fraction of sp³-hybridized carbons (Fsp3) is 0.182. The first kappa shape index (κ1) is 14.2. The van der Waals surface area contributed by atoms with Crippen LogP contribution < -0.4 is 4.72 Å². The minimum Gasteiger partial charge on any atom is -0.279 e. The quantitative estimate of drug-likeness (QED) is 0.946. The van der Waals surface area contributed by atoms with Crippen LogP contribution in [0.5, 0.6) is 0 Å². The molecule has 0 atom stereocenters. The summed E-state index contributed by atoms with van der Waals surface area (Å²) in [5, 5.41) is 4.71. The molecular formula is C11H11Cl2N3O2S. The van der Waals surface area contributed by atoms with Gasteiger partial charge in [-0.15, -0.1) is 0 Å². The predicted molar refractivity (Wildman–Crippen MR) is 75.2 cm³/mol. The molecule has 0 aliphatic carbocycles. The van der Waals surface area contributed by atoms with Crippen molar-refractivity contribution in [3.63, 3.8) is 0 Å². The van der Waals surface area contributed by atoms with Crippen molar-refractivity contribution in [3.05, 3.63) is 40.1 Å². The maximum atomic E-state index is 12.2. The average molecular weight is 320 g/mol. The van der Waals surface area contributed by atoms with Gasteiger partial charge in [0.2, 0.25) is 0 Å². The zero-order chi connectivity index (χ0) is 14.2. The van der Waals surface area contributed by atoms with Gasteiger partial charge >= 0.3 is 0 Å². The molecule has 0 aliphatic rings. The normalized spacial score (nSPS) is 11.6. The summed E-state index contributed by atoms with van der Waals surface area (Å²) in [6, 6.07) is 4.49. The van der Waals surface area contributed by atoms with E-state index in [4.69, 9.17) is 23.2 Å². The molecular weight excluding hydrogens is 309 g/mol. The summed E-state index contributed by atoms with van der Waals surface area (Å²) in [4.78, 5) is 0.117. The van der Waals surface area contributed by atoms with Gasteiger partial charge in [-0.1, -0.05) is 23.2 Å². The van der Waals surface area contributed by atoms with E-state index in [9.17, 15) is 8.42 Å². The van der Waals surface area contributed by atoms with Crippen LogP contribution >= 0.6 is 23.2 Å². The number of sulfonamides is 1. The Hall–Kier alpha value is -1.24. The topological polar surface area (TPSA) is 64.0 Å². The first-order valence-corrected chi connectivity index (χ1v) is 7.51. The Bertz CT molecular complexity index is 705. The van der Waals surface area contributed by atoms with Gasteiger partial charge in [-0.25, -0.2) is 8.42 Å². The van der Waals surface area contributed by atoms with E-state index >= 15 is 0 Å². The van der Waals surface area contributed by atoms with Crippen molar-refractivity contribution in [2.45, 2.75) is 11.8 Å². The first-order valence-electron chi connectivity index (χ1n) is 5.27. The number of benzene rings is 1. The molecule has 0 unspecified atom stereocenters. The van der Waals surface area contributed by atoms with Crippen LogP contribution in [-0.2, 0) is 17.1 Å². The third-order valence-electron chi connectivity index (χ3n) is 2.37. The van der Waals surface area contributed by atoms with E-state index in [-0.39, 0.29) is 4.90 Å². The largest absolute Gasteiger partial charge is 0.279 e. The van der Waals surface area contributed by atoms with Gasteiger partial charge in [-0.05, 0) is 25.1 Å². The molecule has 1 heterocycles. The van der Waals surface area contributed by atoms with Gasteiger partial charge in [0.05, 0.1) is 11.4 Å². The maximum Gasteiger partial charge on any atom is 0.265 e. The van der Waals surface area contributed by atoms with Crippen molar-refractivity contribution in [1.29, 1.82) is 0 Å². The standard InChI is InChI=1S/C11H11Cl2N3O2S/c1-7-11(6-16(2)14-7)19(17,18)15-10-4-8(12)3-9(13)5-10/h3-6,15H,1-2H3. The fourth-order valence-electron chi connectivity index (χ4n) is 1.66. The minimum absolute atomic E-state index is 0.117. The van der Waals surface area contributed by atoms with Crippen LogP contribution in [0.3, 0.4) is 0 Å². The van der Waals surface area contributed by atoms with Crippen LogP contribution in [0.1, 0.15) is 5.69 Å². The lowest BCUT2D eigenvalue weighted by Crippen LogP contribution is -2.13. The SMILES string of the molecule is Cc1nn(C)cc1S(=O)(=O)Nc1cc(Cl)cc(Cl)c1. The van der Waals surface area contributed by atoms with Gasteiger partial charge < -0.3 is 0 Å². The molecule has 1 N–H and O–H groups in total. The molecule has 0 fully saturated rings. The smallest absolute Gasteiger partial charge is 0.265 e. The number of halogens is 2. The molecule has 0 amide bonds. The van der Waals surface area contributed by atoms with Crippen LogP contribution in [0, 0.1) is 6.92 Å². The Morgan fingerprint density at radius 3 is 2.26 bits per heavy atom. The summed E-state index contributed by atoms with van der Waals surface area (Å²) in [7, 11) is -2.05. The lowest BCUT2D eigenvalue weighted by atomic mass is 10.3. The third-order valence-corrected chi connectivity index (χ3v) is 4.29. The summed E-state index contributed by atoms with van der Waals surface area (Å²) < 4.78 is 28.3. The molecule has 2 aromatic rings. The summed E-state index contributed by atoms with van der Waals surface area (Å²) in [5.41, 5.74) is 0.726. The van der Waals surface area contributed by atoms with Gasteiger partial charge in [0.15, 0.2) is 0 Å². The van der Waals surface area contributed by atoms with Crippen LogP contribution in [0.25, 0.3) is 0 Å². The number of rotatable bonds is 3. The van der Waals surface area contributed by atoms with E-state index in [1.807, 2.05) is 0 Å². The zero-order valence-electron chi connectivity index (χ0n) is 10.2. The van der Waals surface area contributed by atoms with Crippen LogP contribution in [0.15, 0.2) is 29.3 Å². The van der Waals surface area contributed by atoms with Crippen molar-refractivity contribution >= 4 is 38.9 Å². The Kier molecular flexibility index (Phi) is 3.75. The first-order chi connectivity index (χ1) is 8.78. The van der Waals surface area contributed by atoms with E-state index in [2.05, 4.69) is 9.82 Å². The summed E-state index contributed by atoms with van der Waals surface area (Å²) in [5.74, 6) is 0. The highest BCUT2D eigenvalue weighted by Crippen LogP contribution is 2.25. The van der Waals surface area contributed by atoms with Gasteiger partial charge in [-0.3, -0.25) is 9.40 Å². The minimum atomic E-state index is -3.71. The highest BCUT2D eigenvalue weighted by atomic mass is 35.5. The molecule has 1 aromatic carbocycles. The lowest BCUT2D eigenvalue weighted by molar-refractivity contribution is 0.600. The second-order valence-corrected chi connectivity index (χ2v) is 6.54. The monoisotopic (exact) mass is 319 g/mol. The second kappa shape index (κ2) is 5.03. The number of nitrogens with zero attached hydrogens (tertiary/aromatic N) is 2. The second-order valence-electron chi connectivity index (χ2n) is 4.02. The van der Waals surface area contributed by atoms with Crippen molar-refractivity contribution in [1.82, 2.24) is 9.78 Å². The van der Waals surface area contributed by atoms with E-state index in [0.717, 1.165) is 0 Å². The highest BCUT2D eigenvalue weighted by Gasteiger charge is 2.20. The van der Waals surface area contributed by atoms with E-state index in [1.165, 1.54) is 29.1 Å². The van der Waals surface area contributed by atoms with Crippen molar-refractivity contribution in [2.24, 2.45) is 7.05 Å². The number of nitrogens with one attached hydrogen (secondary N) is 1. The highest BCUT2D eigenvalue weighted by molar-refractivity contribution is 7.92. The summed E-state index contributed by atoms with van der Waals surface area (Å²) in [6.45, 7) is 1.62. The van der Waals surface area contributed by atoms with E-state index < -0.39 is 10.0 Å². The van der Waals surface area contributed by atoms with Crippen molar-refractivity contribution in [2.75, 3.05) is 4.72 Å². The molecule has 19 heavy (non-hydrogen) atoms. The van der Waals surface area contributed by atoms with Crippen molar-refractivity contribution < 1.29 is 8.42 Å². The van der Waals surface area contributed by atoms with Crippen LogP contribution in [0.2, 0.25) is 10.0 Å². The summed E-state index contributed by atoms with van der Waals surface area (Å²) in [6.07, 6.45) is 1.43. The molecule has 1 aromatic heterocycles. The third kappa shape index (κ3) is 3.20. The maximum absolute atomic E-state index is 12.2. The number of hydrogen-bond donors (Lipinski definition) is 1. The molecule has 102 valence electrons. The number of aromatic nitrogens is 2. The molecule has 2 rings (SSSR count). The van der Waals surface area contributed by atoms with Crippen molar-refractivity contribution in [3.8, 4) is 0 Å². The average Bonchev–Trinajstić information content (AvgIpc) is 2.56. The van der Waals surface area contributed by atoms with Crippen LogP contribution in [-0.4, -0.2) is 18.2 Å². The van der Waals surface area contributed by atoms with Gasteiger partial charge in [-0.2, -0.15) is 5.10 Å². The van der Waals surface area contributed by atoms with Crippen LogP contribution in [0.4, 0.5) is 5.69 Å². The van der Waals surface area contributed by atoms with Gasteiger partial charge in [0.25, 0.3) is 10.0 Å². The molecule has 8 heteroatoms. The molecule has 0 spiro atoms.